The molecule has 0 aliphatic heterocycles. The van der Waals surface area contributed by atoms with E-state index in [0.29, 0.717) is 6.42 Å². The summed E-state index contributed by atoms with van der Waals surface area (Å²) in [7, 11) is 0. The molecule has 5 heteroatoms. The molecule has 0 aliphatic carbocycles. The molecule has 1 rings (SSSR count). The van der Waals surface area contributed by atoms with Gasteiger partial charge in [-0.05, 0) is 25.3 Å². The highest BCUT2D eigenvalue weighted by Gasteiger charge is 2.16. The lowest BCUT2D eigenvalue weighted by Crippen LogP contribution is -2.42. The number of benzene rings is 1. The highest BCUT2D eigenvalue weighted by atomic mass is 16.4. The Balaban J connectivity index is 2.64. The first-order chi connectivity index (χ1) is 10.0. The minimum atomic E-state index is -0.863. The smallest absolute Gasteiger partial charge is 0.315 e. The van der Waals surface area contributed by atoms with E-state index in [4.69, 9.17) is 5.11 Å². The summed E-state index contributed by atoms with van der Waals surface area (Å²) < 4.78 is 0. The number of hydrogen-bond donors (Lipinski definition) is 3. The van der Waals surface area contributed by atoms with Gasteiger partial charge in [0.05, 0.1) is 6.04 Å². The van der Waals surface area contributed by atoms with Gasteiger partial charge < -0.3 is 15.7 Å². The van der Waals surface area contributed by atoms with Crippen LogP contribution in [0.4, 0.5) is 4.79 Å². The molecule has 0 aromatic heterocycles. The van der Waals surface area contributed by atoms with Crippen LogP contribution >= 0.6 is 0 Å². The number of nitrogens with one attached hydrogen (secondary N) is 2. The number of carboxylic acids is 1. The quantitative estimate of drug-likeness (QED) is 0.689. The van der Waals surface area contributed by atoms with Gasteiger partial charge in [0, 0.05) is 12.5 Å². The lowest BCUT2D eigenvalue weighted by Gasteiger charge is -2.21. The van der Waals surface area contributed by atoms with Crippen molar-refractivity contribution in [1.82, 2.24) is 10.6 Å². The van der Waals surface area contributed by atoms with E-state index >= 15 is 0 Å². The first kappa shape index (κ1) is 17.0. The molecule has 1 aromatic carbocycles. The van der Waals surface area contributed by atoms with E-state index in [1.807, 2.05) is 37.3 Å². The Bertz CT molecular complexity index is 448. The number of carbonyl (C=O) groups excluding carboxylic acids is 1. The zero-order valence-corrected chi connectivity index (χ0v) is 12.6. The third-order valence-corrected chi connectivity index (χ3v) is 3.25. The fourth-order valence-electron chi connectivity index (χ4n) is 2.20. The van der Waals surface area contributed by atoms with E-state index in [2.05, 4.69) is 17.6 Å². The molecule has 0 spiro atoms. The van der Waals surface area contributed by atoms with Crippen molar-refractivity contribution in [3.8, 4) is 0 Å². The van der Waals surface area contributed by atoms with Gasteiger partial charge in [-0.2, -0.15) is 0 Å². The van der Waals surface area contributed by atoms with Gasteiger partial charge in [-0.3, -0.25) is 4.79 Å². The normalized spacial score (nSPS) is 13.2. The van der Waals surface area contributed by atoms with Gasteiger partial charge in [0.15, 0.2) is 0 Å². The van der Waals surface area contributed by atoms with E-state index in [9.17, 15) is 9.59 Å². The Kier molecular flexibility index (Phi) is 7.29. The fourth-order valence-corrected chi connectivity index (χ4v) is 2.20. The van der Waals surface area contributed by atoms with Crippen molar-refractivity contribution in [2.45, 2.75) is 51.6 Å². The molecular formula is C16H24N2O3. The lowest BCUT2D eigenvalue weighted by molar-refractivity contribution is -0.137. The van der Waals surface area contributed by atoms with Gasteiger partial charge in [0.2, 0.25) is 0 Å². The summed E-state index contributed by atoms with van der Waals surface area (Å²) in [5.41, 5.74) is 0.914. The first-order valence-electron chi connectivity index (χ1n) is 7.36. The van der Waals surface area contributed by atoms with Crippen LogP contribution in [0.15, 0.2) is 30.3 Å². The minimum absolute atomic E-state index is 0.0182. The van der Waals surface area contributed by atoms with E-state index in [1.165, 1.54) is 0 Å². The van der Waals surface area contributed by atoms with Crippen LogP contribution in [0.25, 0.3) is 0 Å². The predicted octanol–water partition coefficient (Wildman–Crippen LogP) is 3.08. The number of hydrogen-bond acceptors (Lipinski definition) is 2. The molecule has 0 fully saturated rings. The van der Waals surface area contributed by atoms with Crippen molar-refractivity contribution in [3.05, 3.63) is 35.9 Å². The topological polar surface area (TPSA) is 78.4 Å². The van der Waals surface area contributed by atoms with Crippen LogP contribution in [0.1, 0.15) is 51.1 Å². The highest BCUT2D eigenvalue weighted by Crippen LogP contribution is 2.18. The lowest BCUT2D eigenvalue weighted by atomic mass is 10.0. The van der Waals surface area contributed by atoms with Crippen molar-refractivity contribution >= 4 is 12.0 Å². The van der Waals surface area contributed by atoms with E-state index in [1.54, 1.807) is 0 Å². The van der Waals surface area contributed by atoms with Gasteiger partial charge >= 0.3 is 12.0 Å². The van der Waals surface area contributed by atoms with Crippen molar-refractivity contribution in [1.29, 1.82) is 0 Å². The van der Waals surface area contributed by atoms with Gasteiger partial charge in [-0.15, -0.1) is 0 Å². The molecule has 21 heavy (non-hydrogen) atoms. The van der Waals surface area contributed by atoms with Gasteiger partial charge in [-0.25, -0.2) is 4.79 Å². The number of urea groups is 1. The number of carbonyl (C=O) groups is 2. The molecule has 3 N–H and O–H groups in total. The van der Waals surface area contributed by atoms with E-state index < -0.39 is 5.97 Å². The molecule has 0 saturated carbocycles. The Labute approximate surface area is 125 Å². The zero-order chi connectivity index (χ0) is 15.7. The average molecular weight is 292 g/mol. The van der Waals surface area contributed by atoms with Gasteiger partial charge in [0.25, 0.3) is 0 Å². The fraction of sp³-hybridized carbons (Fsp3) is 0.500. The number of rotatable bonds is 8. The monoisotopic (exact) mass is 292 g/mol. The molecule has 0 bridgehead atoms. The summed E-state index contributed by atoms with van der Waals surface area (Å²) in [4.78, 5) is 22.7. The average Bonchev–Trinajstić information content (AvgIpc) is 2.44. The Morgan fingerprint density at radius 3 is 2.38 bits per heavy atom. The Morgan fingerprint density at radius 1 is 1.14 bits per heavy atom. The predicted molar refractivity (Wildman–Crippen MR) is 82.1 cm³/mol. The number of amides is 2. The van der Waals surface area contributed by atoms with Crippen LogP contribution in [0.5, 0.6) is 0 Å². The summed E-state index contributed by atoms with van der Waals surface area (Å²) in [6.45, 7) is 4.02. The minimum Gasteiger partial charge on any atom is -0.481 e. The summed E-state index contributed by atoms with van der Waals surface area (Å²) in [5, 5.41) is 14.6. The third kappa shape index (κ3) is 6.79. The van der Waals surface area contributed by atoms with Crippen molar-refractivity contribution in [3.63, 3.8) is 0 Å². The maximum absolute atomic E-state index is 12.0. The van der Waals surface area contributed by atoms with Crippen LogP contribution < -0.4 is 10.6 Å². The largest absolute Gasteiger partial charge is 0.481 e. The van der Waals surface area contributed by atoms with Crippen molar-refractivity contribution in [2.75, 3.05) is 0 Å². The SMILES string of the molecule is CCCC(C)NC(=O)NC(CCC(=O)O)c1ccccc1. The molecule has 0 heterocycles. The van der Waals surface area contributed by atoms with E-state index in [-0.39, 0.29) is 24.5 Å². The maximum Gasteiger partial charge on any atom is 0.315 e. The van der Waals surface area contributed by atoms with Crippen LogP contribution in [-0.2, 0) is 4.79 Å². The highest BCUT2D eigenvalue weighted by molar-refractivity contribution is 5.75. The number of aliphatic carboxylic acids is 1. The molecule has 116 valence electrons. The number of carboxylic acid groups (broad SMARTS) is 1. The molecule has 2 atom stereocenters. The Hall–Kier alpha value is -2.04. The van der Waals surface area contributed by atoms with E-state index in [0.717, 1.165) is 18.4 Å². The second-order valence-corrected chi connectivity index (χ2v) is 5.20. The van der Waals surface area contributed by atoms with Gasteiger partial charge in [0.1, 0.15) is 0 Å². The summed E-state index contributed by atoms with van der Waals surface area (Å²) >= 11 is 0. The Morgan fingerprint density at radius 2 is 1.81 bits per heavy atom. The maximum atomic E-state index is 12.0. The molecule has 0 radical (unpaired) electrons. The molecule has 0 saturated heterocycles. The molecule has 1 aromatic rings. The molecule has 2 unspecified atom stereocenters. The second-order valence-electron chi connectivity index (χ2n) is 5.20. The van der Waals surface area contributed by atoms with Gasteiger partial charge in [-0.1, -0.05) is 43.7 Å². The van der Waals surface area contributed by atoms with Crippen LogP contribution in [0.3, 0.4) is 0 Å². The molecular weight excluding hydrogens is 268 g/mol. The molecule has 5 nitrogen and oxygen atoms in total. The van der Waals surface area contributed by atoms with Crippen LogP contribution in [0.2, 0.25) is 0 Å². The third-order valence-electron chi connectivity index (χ3n) is 3.25. The summed E-state index contributed by atoms with van der Waals surface area (Å²) in [6.07, 6.45) is 2.31. The van der Waals surface area contributed by atoms with Crippen LogP contribution in [-0.4, -0.2) is 23.1 Å². The second kappa shape index (κ2) is 9.00. The zero-order valence-electron chi connectivity index (χ0n) is 12.6. The summed E-state index contributed by atoms with van der Waals surface area (Å²) in [5.74, 6) is -0.863. The molecule has 0 aliphatic rings. The first-order valence-corrected chi connectivity index (χ1v) is 7.36. The van der Waals surface area contributed by atoms with Crippen LogP contribution in [0, 0.1) is 0 Å². The van der Waals surface area contributed by atoms with Crippen molar-refractivity contribution in [2.24, 2.45) is 0 Å². The standard InChI is InChI=1S/C16H24N2O3/c1-3-7-12(2)17-16(21)18-14(10-11-15(19)20)13-8-5-4-6-9-13/h4-6,8-9,12,14H,3,7,10-11H2,1-2H3,(H,19,20)(H2,17,18,21). The molecule has 2 amide bonds. The van der Waals surface area contributed by atoms with Crippen molar-refractivity contribution < 1.29 is 14.7 Å². The summed E-state index contributed by atoms with van der Waals surface area (Å²) in [6, 6.07) is 8.98.